The molecule has 154 valence electrons. The average molecular weight is 399 g/mol. The molecule has 1 aliphatic heterocycles. The Labute approximate surface area is 179 Å². The summed E-state index contributed by atoms with van der Waals surface area (Å²) in [6.45, 7) is 4.77. The lowest BCUT2D eigenvalue weighted by Crippen LogP contribution is -2.28. The molecule has 0 saturated carbocycles. The lowest BCUT2D eigenvalue weighted by molar-refractivity contribution is 0.0953. The number of hydrogen-bond donors (Lipinski definition) is 1. The zero-order valence-corrected chi connectivity index (χ0v) is 17.7. The van der Waals surface area contributed by atoms with Gasteiger partial charge in [0.25, 0.3) is 5.91 Å². The van der Waals surface area contributed by atoms with Gasteiger partial charge in [0.05, 0.1) is 0 Å². The van der Waals surface area contributed by atoms with Crippen LogP contribution in [-0.2, 0) is 19.4 Å². The third-order valence-corrected chi connectivity index (χ3v) is 5.81. The molecule has 0 fully saturated rings. The van der Waals surface area contributed by atoms with E-state index in [2.05, 4.69) is 77.8 Å². The molecule has 3 aromatic rings. The van der Waals surface area contributed by atoms with Crippen molar-refractivity contribution in [2.75, 3.05) is 18.0 Å². The van der Waals surface area contributed by atoms with Gasteiger partial charge in [-0.1, -0.05) is 60.2 Å². The SMILES string of the molecule is Cc1cccc(CCCNC(=O)c2ccc(CN3CCCc4ccccc43)cc2)c1. The third-order valence-electron chi connectivity index (χ3n) is 5.81. The van der Waals surface area contributed by atoms with E-state index in [1.807, 2.05) is 12.1 Å². The molecule has 0 bridgehead atoms. The van der Waals surface area contributed by atoms with Crippen LogP contribution >= 0.6 is 0 Å². The number of aryl methyl sites for hydroxylation is 3. The van der Waals surface area contributed by atoms with Crippen LogP contribution in [0.25, 0.3) is 0 Å². The highest BCUT2D eigenvalue weighted by molar-refractivity contribution is 5.94. The Morgan fingerprint density at radius 2 is 1.80 bits per heavy atom. The first kappa shape index (κ1) is 20.2. The number of benzene rings is 3. The van der Waals surface area contributed by atoms with Crippen LogP contribution in [0.2, 0.25) is 0 Å². The highest BCUT2D eigenvalue weighted by Gasteiger charge is 2.16. The molecule has 0 radical (unpaired) electrons. The lowest BCUT2D eigenvalue weighted by Gasteiger charge is -2.31. The van der Waals surface area contributed by atoms with Gasteiger partial charge in [0.2, 0.25) is 0 Å². The van der Waals surface area contributed by atoms with E-state index in [0.717, 1.165) is 37.9 Å². The number of carbonyl (C=O) groups is 1. The molecule has 1 heterocycles. The molecule has 1 aliphatic rings. The maximum atomic E-state index is 12.5. The van der Waals surface area contributed by atoms with Gasteiger partial charge in [0.1, 0.15) is 0 Å². The number of fused-ring (bicyclic) bond motifs is 1. The van der Waals surface area contributed by atoms with E-state index >= 15 is 0 Å². The van der Waals surface area contributed by atoms with Crippen LogP contribution in [0, 0.1) is 6.92 Å². The molecular weight excluding hydrogens is 368 g/mol. The van der Waals surface area contributed by atoms with Gasteiger partial charge in [-0.15, -0.1) is 0 Å². The standard InChI is InChI=1S/C27H30N2O/c1-21-7-4-8-22(19-21)9-5-17-28-27(30)25-15-13-23(14-16-25)20-29-18-6-11-24-10-2-3-12-26(24)29/h2-4,7-8,10,12-16,19H,5-6,9,11,17-18,20H2,1H3,(H,28,30). The van der Waals surface area contributed by atoms with E-state index < -0.39 is 0 Å². The largest absolute Gasteiger partial charge is 0.367 e. The minimum Gasteiger partial charge on any atom is -0.367 e. The van der Waals surface area contributed by atoms with E-state index in [9.17, 15) is 4.79 Å². The maximum Gasteiger partial charge on any atom is 0.251 e. The Kier molecular flexibility index (Phi) is 6.48. The fraction of sp³-hybridized carbons (Fsp3) is 0.296. The number of amides is 1. The molecule has 1 N–H and O–H groups in total. The van der Waals surface area contributed by atoms with Crippen molar-refractivity contribution < 1.29 is 4.79 Å². The van der Waals surface area contributed by atoms with Gasteiger partial charge in [-0.3, -0.25) is 4.79 Å². The number of nitrogens with one attached hydrogen (secondary N) is 1. The van der Waals surface area contributed by atoms with Crippen molar-refractivity contribution in [2.24, 2.45) is 0 Å². The number of anilines is 1. The van der Waals surface area contributed by atoms with Gasteiger partial charge in [-0.2, -0.15) is 0 Å². The smallest absolute Gasteiger partial charge is 0.251 e. The van der Waals surface area contributed by atoms with Gasteiger partial charge < -0.3 is 10.2 Å². The Bertz CT molecular complexity index is 994. The average Bonchev–Trinajstić information content (AvgIpc) is 2.77. The van der Waals surface area contributed by atoms with Crippen LogP contribution in [0.1, 0.15) is 45.5 Å². The number of para-hydroxylation sites is 1. The molecule has 3 aromatic carbocycles. The Hall–Kier alpha value is -3.07. The molecule has 1 amide bonds. The summed E-state index contributed by atoms with van der Waals surface area (Å²) in [5.74, 6) is 0.00844. The number of carbonyl (C=O) groups excluding carboxylic acids is 1. The quantitative estimate of drug-likeness (QED) is 0.547. The number of nitrogens with zero attached hydrogens (tertiary/aromatic N) is 1. The first-order chi connectivity index (χ1) is 14.7. The van der Waals surface area contributed by atoms with Gasteiger partial charge in [0.15, 0.2) is 0 Å². The van der Waals surface area contributed by atoms with Crippen molar-refractivity contribution in [3.05, 3.63) is 101 Å². The molecule has 3 nitrogen and oxygen atoms in total. The Morgan fingerprint density at radius 3 is 2.63 bits per heavy atom. The second-order valence-electron chi connectivity index (χ2n) is 8.20. The summed E-state index contributed by atoms with van der Waals surface area (Å²) in [7, 11) is 0. The van der Waals surface area contributed by atoms with Crippen LogP contribution < -0.4 is 10.2 Å². The summed E-state index contributed by atoms with van der Waals surface area (Å²) in [6.07, 6.45) is 4.29. The highest BCUT2D eigenvalue weighted by atomic mass is 16.1. The monoisotopic (exact) mass is 398 g/mol. The topological polar surface area (TPSA) is 32.3 Å². The van der Waals surface area contributed by atoms with E-state index in [-0.39, 0.29) is 5.91 Å². The summed E-state index contributed by atoms with van der Waals surface area (Å²) in [5, 5.41) is 3.05. The summed E-state index contributed by atoms with van der Waals surface area (Å²) in [5.41, 5.74) is 7.36. The lowest BCUT2D eigenvalue weighted by atomic mass is 10.0. The van der Waals surface area contributed by atoms with Crippen LogP contribution in [0.5, 0.6) is 0 Å². The number of hydrogen-bond acceptors (Lipinski definition) is 2. The van der Waals surface area contributed by atoms with Crippen molar-refractivity contribution >= 4 is 11.6 Å². The molecular formula is C27H30N2O. The fourth-order valence-electron chi connectivity index (χ4n) is 4.22. The second-order valence-corrected chi connectivity index (χ2v) is 8.20. The summed E-state index contributed by atoms with van der Waals surface area (Å²) < 4.78 is 0. The maximum absolute atomic E-state index is 12.5. The molecule has 0 atom stereocenters. The number of rotatable bonds is 7. The minimum atomic E-state index is 0.00844. The van der Waals surface area contributed by atoms with Gasteiger partial charge in [0, 0.05) is 30.9 Å². The third kappa shape index (κ3) is 5.10. The molecule has 0 aromatic heterocycles. The van der Waals surface area contributed by atoms with Gasteiger partial charge in [-0.05, 0) is 67.5 Å². The van der Waals surface area contributed by atoms with Crippen molar-refractivity contribution in [1.82, 2.24) is 5.32 Å². The van der Waals surface area contributed by atoms with Crippen molar-refractivity contribution in [1.29, 1.82) is 0 Å². The van der Waals surface area contributed by atoms with Crippen LogP contribution in [0.15, 0.2) is 72.8 Å². The molecule has 4 rings (SSSR count). The van der Waals surface area contributed by atoms with Crippen LogP contribution in [0.4, 0.5) is 5.69 Å². The molecule has 0 unspecified atom stereocenters. The summed E-state index contributed by atoms with van der Waals surface area (Å²) >= 11 is 0. The van der Waals surface area contributed by atoms with Crippen molar-refractivity contribution in [3.8, 4) is 0 Å². The second kappa shape index (κ2) is 9.62. The predicted molar refractivity (Wildman–Crippen MR) is 124 cm³/mol. The van der Waals surface area contributed by atoms with E-state index in [1.165, 1.54) is 34.4 Å². The zero-order chi connectivity index (χ0) is 20.8. The van der Waals surface area contributed by atoms with Crippen LogP contribution in [0.3, 0.4) is 0 Å². The molecule has 30 heavy (non-hydrogen) atoms. The van der Waals surface area contributed by atoms with E-state index in [4.69, 9.17) is 0 Å². The first-order valence-electron chi connectivity index (χ1n) is 10.9. The van der Waals surface area contributed by atoms with E-state index in [0.29, 0.717) is 6.54 Å². The van der Waals surface area contributed by atoms with Crippen molar-refractivity contribution in [2.45, 2.75) is 39.2 Å². The molecule has 0 spiro atoms. The molecule has 0 aliphatic carbocycles. The molecule has 0 saturated heterocycles. The highest BCUT2D eigenvalue weighted by Crippen LogP contribution is 2.28. The van der Waals surface area contributed by atoms with Gasteiger partial charge in [-0.25, -0.2) is 0 Å². The normalized spacial score (nSPS) is 13.0. The van der Waals surface area contributed by atoms with Crippen molar-refractivity contribution in [3.63, 3.8) is 0 Å². The zero-order valence-electron chi connectivity index (χ0n) is 17.7. The first-order valence-corrected chi connectivity index (χ1v) is 10.9. The molecule has 3 heteroatoms. The minimum absolute atomic E-state index is 0.00844. The fourth-order valence-corrected chi connectivity index (χ4v) is 4.22. The Morgan fingerprint density at radius 1 is 0.967 bits per heavy atom. The summed E-state index contributed by atoms with van der Waals surface area (Å²) in [6, 6.07) is 25.3. The van der Waals surface area contributed by atoms with Gasteiger partial charge >= 0.3 is 0 Å². The Balaban J connectivity index is 1.28. The van der Waals surface area contributed by atoms with E-state index in [1.54, 1.807) is 0 Å². The predicted octanol–water partition coefficient (Wildman–Crippen LogP) is 5.31. The summed E-state index contributed by atoms with van der Waals surface area (Å²) in [4.78, 5) is 14.9. The van der Waals surface area contributed by atoms with Crippen LogP contribution in [-0.4, -0.2) is 19.0 Å².